The van der Waals surface area contributed by atoms with Crippen LogP contribution in [-0.2, 0) is 21.0 Å². The Morgan fingerprint density at radius 3 is 2.20 bits per heavy atom. The van der Waals surface area contributed by atoms with Crippen LogP contribution in [-0.4, -0.2) is 45.5 Å². The van der Waals surface area contributed by atoms with Gasteiger partial charge in [-0.05, 0) is 53.4 Å². The first kappa shape index (κ1) is 36.1. The Balaban J connectivity index is 1.38. The summed E-state index contributed by atoms with van der Waals surface area (Å²) in [4.78, 5) is 36.9. The summed E-state index contributed by atoms with van der Waals surface area (Å²) in [6, 6.07) is 21.8. The third-order valence-electron chi connectivity index (χ3n) is 7.52. The maximum atomic E-state index is 13.4. The van der Waals surface area contributed by atoms with Crippen LogP contribution in [0.25, 0.3) is 10.8 Å². The minimum absolute atomic E-state index is 0.0399. The number of fused-ring (bicyclic) bond motifs is 1. The number of carbonyl (C=O) groups is 1. The molecule has 0 aliphatic carbocycles. The molecule has 1 heterocycles. The summed E-state index contributed by atoms with van der Waals surface area (Å²) in [5.74, 6) is 1.80. The van der Waals surface area contributed by atoms with Crippen LogP contribution in [0, 0.1) is 0 Å². The minimum atomic E-state index is -4.52. The van der Waals surface area contributed by atoms with Crippen molar-refractivity contribution in [1.82, 2.24) is 4.98 Å². The molecule has 0 aliphatic rings. The molecule has 5 rings (SSSR count). The number of ether oxygens (including phenoxy) is 3. The van der Waals surface area contributed by atoms with E-state index in [0.717, 1.165) is 16.3 Å². The third kappa shape index (κ3) is 8.52. The number of hydrogen-bond acceptors (Lipinski definition) is 8. The lowest BCUT2D eigenvalue weighted by atomic mass is 9.86. The molecular weight excluding hydrogens is 681 g/mol. The van der Waals surface area contributed by atoms with Crippen molar-refractivity contribution in [2.24, 2.45) is 0 Å². The van der Waals surface area contributed by atoms with Gasteiger partial charge in [0.25, 0.3) is 0 Å². The molecule has 5 aromatic rings. The molecule has 50 heavy (non-hydrogen) atoms. The fourth-order valence-electron chi connectivity index (χ4n) is 5.16. The zero-order valence-electron chi connectivity index (χ0n) is 28.2. The van der Waals surface area contributed by atoms with Crippen LogP contribution in [0.3, 0.4) is 0 Å². The Hall–Kier alpha value is -5.14. The second kappa shape index (κ2) is 14.8. The van der Waals surface area contributed by atoms with E-state index in [-0.39, 0.29) is 16.5 Å². The van der Waals surface area contributed by atoms with E-state index >= 15 is 0 Å². The van der Waals surface area contributed by atoms with Gasteiger partial charge in [0.15, 0.2) is 5.75 Å². The van der Waals surface area contributed by atoms with E-state index < -0.39 is 24.6 Å². The van der Waals surface area contributed by atoms with Crippen molar-refractivity contribution < 1.29 is 37.6 Å². The van der Waals surface area contributed by atoms with Crippen LogP contribution in [0.15, 0.2) is 85.1 Å². The van der Waals surface area contributed by atoms with E-state index in [1.807, 2.05) is 57.2 Å². The smallest absolute Gasteiger partial charge is 0.359 e. The van der Waals surface area contributed by atoms with Crippen LogP contribution < -0.4 is 40.2 Å². The topological polar surface area (TPSA) is 180 Å². The molecule has 0 spiro atoms. The second-order valence-electron chi connectivity index (χ2n) is 12.2. The lowest BCUT2D eigenvalue weighted by Crippen LogP contribution is -2.21. The average molecular weight is 720 g/mol. The normalized spacial score (nSPS) is 12.2. The Bertz CT molecular complexity index is 2130. The predicted octanol–water partition coefficient (Wildman–Crippen LogP) is 7.24. The number of aromatic nitrogens is 1. The van der Waals surface area contributed by atoms with Gasteiger partial charge in [-0.3, -0.25) is 4.57 Å². The Morgan fingerprint density at radius 2 is 1.54 bits per heavy atom. The van der Waals surface area contributed by atoms with Crippen molar-refractivity contribution >= 4 is 69.3 Å². The molecule has 0 saturated carbocycles. The van der Waals surface area contributed by atoms with Gasteiger partial charge in [0.1, 0.15) is 39.4 Å². The number of hydrogen-bond donors (Lipinski definition) is 6. The summed E-state index contributed by atoms with van der Waals surface area (Å²) in [5.41, 5.74) is 2.58. The number of rotatable bonds is 11. The number of urea groups is 1. The summed E-state index contributed by atoms with van der Waals surface area (Å²) in [6.07, 6.45) is 3.08. The second-order valence-corrected chi connectivity index (χ2v) is 14.9. The van der Waals surface area contributed by atoms with Gasteiger partial charge in [0.05, 0.1) is 31.3 Å². The van der Waals surface area contributed by atoms with Crippen LogP contribution in [0.5, 0.6) is 23.0 Å². The summed E-state index contributed by atoms with van der Waals surface area (Å²) >= 11 is 0. The van der Waals surface area contributed by atoms with Crippen LogP contribution in [0.2, 0.25) is 0 Å². The molecule has 13 nitrogen and oxygen atoms in total. The standard InChI is InChI=1S/C35H38N5O8PS/c1-35(2,3)21-17-27(33(47-5)28(18-21)40-50(6)45)39-34(41)38-26-12-13-29(25-10-8-7-9-24(25)26)48-23-15-16-36-32(20-23)37-22-11-14-31(49(42,43)44)30(19-22)46-4/h7-20,40H,1-6H3,(H,36,37)(H2,38,39,41)(H2,42,43,44)/t50-/m1/s1. The molecular formula is C35H38N5O8PS. The number of amides is 2. The first-order valence-corrected chi connectivity index (χ1v) is 18.4. The quantitative estimate of drug-likeness (QED) is 0.0762. The molecule has 0 fully saturated rings. The van der Waals surface area contributed by atoms with Crippen LogP contribution in [0.4, 0.5) is 33.4 Å². The highest BCUT2D eigenvalue weighted by molar-refractivity contribution is 7.85. The molecule has 0 aliphatic heterocycles. The lowest BCUT2D eigenvalue weighted by molar-refractivity contribution is 0.262. The summed E-state index contributed by atoms with van der Waals surface area (Å²) in [7, 11) is -3.08. The van der Waals surface area contributed by atoms with Gasteiger partial charge < -0.3 is 44.7 Å². The predicted molar refractivity (Wildman–Crippen MR) is 198 cm³/mol. The van der Waals surface area contributed by atoms with E-state index in [0.29, 0.717) is 45.8 Å². The first-order valence-electron chi connectivity index (χ1n) is 15.2. The third-order valence-corrected chi connectivity index (χ3v) is 9.02. The molecule has 2 amide bonds. The van der Waals surface area contributed by atoms with Gasteiger partial charge >= 0.3 is 13.6 Å². The number of pyridine rings is 1. The minimum Gasteiger partial charge on any atom is -0.496 e. The van der Waals surface area contributed by atoms with E-state index in [1.165, 1.54) is 38.7 Å². The van der Waals surface area contributed by atoms with Gasteiger partial charge in [-0.25, -0.2) is 14.0 Å². The van der Waals surface area contributed by atoms with Gasteiger partial charge in [0, 0.05) is 41.0 Å². The first-order chi connectivity index (χ1) is 23.7. The van der Waals surface area contributed by atoms with Crippen molar-refractivity contribution in [3.05, 3.63) is 90.6 Å². The number of methoxy groups -OCH3 is 2. The van der Waals surface area contributed by atoms with E-state index in [4.69, 9.17) is 14.2 Å². The van der Waals surface area contributed by atoms with E-state index in [2.05, 4.69) is 25.7 Å². The van der Waals surface area contributed by atoms with Crippen LogP contribution in [0.1, 0.15) is 26.3 Å². The molecule has 0 radical (unpaired) electrons. The summed E-state index contributed by atoms with van der Waals surface area (Å²) < 4.78 is 43.8. The number of benzene rings is 4. The average Bonchev–Trinajstić information content (AvgIpc) is 3.04. The maximum absolute atomic E-state index is 13.4. The highest BCUT2D eigenvalue weighted by Crippen LogP contribution is 2.41. The fourth-order valence-corrected chi connectivity index (χ4v) is 6.34. The number of carbonyl (C=O) groups excluding carboxylic acids is 1. The number of nitrogens with zero attached hydrogens (tertiary/aromatic N) is 1. The van der Waals surface area contributed by atoms with Crippen molar-refractivity contribution in [2.45, 2.75) is 26.2 Å². The molecule has 6 N–H and O–H groups in total. The monoisotopic (exact) mass is 719 g/mol. The lowest BCUT2D eigenvalue weighted by Gasteiger charge is -2.24. The summed E-state index contributed by atoms with van der Waals surface area (Å²) in [5, 5.41) is 10.2. The Kier molecular flexibility index (Phi) is 10.7. The number of nitrogens with one attached hydrogen (secondary N) is 4. The van der Waals surface area contributed by atoms with Crippen molar-refractivity contribution in [3.8, 4) is 23.0 Å². The van der Waals surface area contributed by atoms with Crippen LogP contribution >= 0.6 is 7.60 Å². The van der Waals surface area contributed by atoms with Gasteiger partial charge in [-0.2, -0.15) is 0 Å². The SMILES string of the molecule is COc1cc(Nc2cc(Oc3ccc(NC(=O)Nc4cc(C(C)(C)C)cc(N[S@@](C)=O)c4OC)c4ccccc34)ccn2)ccc1P(=O)(O)O. The molecule has 0 unspecified atom stereocenters. The van der Waals surface area contributed by atoms with Gasteiger partial charge in [-0.1, -0.05) is 45.0 Å². The summed E-state index contributed by atoms with van der Waals surface area (Å²) in [6.45, 7) is 6.12. The highest BCUT2D eigenvalue weighted by Gasteiger charge is 2.23. The number of anilines is 5. The Morgan fingerprint density at radius 1 is 0.840 bits per heavy atom. The molecule has 4 aromatic carbocycles. The molecule has 1 atom stereocenters. The largest absolute Gasteiger partial charge is 0.496 e. The molecule has 0 bridgehead atoms. The van der Waals surface area contributed by atoms with Crippen molar-refractivity contribution in [3.63, 3.8) is 0 Å². The van der Waals surface area contributed by atoms with Gasteiger partial charge in [-0.15, -0.1) is 0 Å². The van der Waals surface area contributed by atoms with E-state index in [1.54, 1.807) is 30.5 Å². The van der Waals surface area contributed by atoms with Crippen molar-refractivity contribution in [1.29, 1.82) is 0 Å². The fraction of sp³-hybridized carbons (Fsp3) is 0.200. The van der Waals surface area contributed by atoms with Crippen molar-refractivity contribution in [2.75, 3.05) is 41.1 Å². The maximum Gasteiger partial charge on any atom is 0.359 e. The Labute approximate surface area is 292 Å². The van der Waals surface area contributed by atoms with Gasteiger partial charge in [0.2, 0.25) is 0 Å². The molecule has 15 heteroatoms. The molecule has 1 aromatic heterocycles. The zero-order chi connectivity index (χ0) is 36.2. The molecule has 262 valence electrons. The van der Waals surface area contributed by atoms with E-state index in [9.17, 15) is 23.4 Å². The molecule has 0 saturated heterocycles. The zero-order valence-corrected chi connectivity index (χ0v) is 29.9. The highest BCUT2D eigenvalue weighted by atomic mass is 32.2.